The van der Waals surface area contributed by atoms with Crippen molar-refractivity contribution < 1.29 is 4.79 Å². The number of nitrogens with zero attached hydrogens (tertiary/aromatic N) is 2. The molecule has 3 aromatic rings. The van der Waals surface area contributed by atoms with Gasteiger partial charge in [-0.15, -0.1) is 0 Å². The first-order valence-corrected chi connectivity index (χ1v) is 7.53. The Morgan fingerprint density at radius 3 is 2.68 bits per heavy atom. The van der Waals surface area contributed by atoms with Gasteiger partial charge in [0, 0.05) is 17.4 Å². The number of halogens is 3. The molecule has 0 spiro atoms. The van der Waals surface area contributed by atoms with Crippen LogP contribution in [0.3, 0.4) is 0 Å². The first kappa shape index (κ1) is 15.2. The normalized spacial score (nSPS) is 10.9. The lowest BCUT2D eigenvalue weighted by Gasteiger charge is -2.06. The molecule has 0 atom stereocenters. The molecule has 7 heteroatoms. The van der Waals surface area contributed by atoms with Gasteiger partial charge in [0.1, 0.15) is 5.65 Å². The van der Waals surface area contributed by atoms with Crippen molar-refractivity contribution in [1.82, 2.24) is 9.38 Å². The summed E-state index contributed by atoms with van der Waals surface area (Å²) in [6.45, 7) is 0. The minimum Gasteiger partial charge on any atom is -0.324 e. The van der Waals surface area contributed by atoms with Crippen molar-refractivity contribution >= 4 is 52.0 Å². The molecule has 0 aliphatic heterocycles. The molecule has 0 unspecified atom stereocenters. The molecule has 0 saturated carbocycles. The van der Waals surface area contributed by atoms with E-state index in [1.54, 1.807) is 47.1 Å². The summed E-state index contributed by atoms with van der Waals surface area (Å²) in [4.78, 5) is 16.5. The summed E-state index contributed by atoms with van der Waals surface area (Å²) in [5.74, 6) is -0.223. The van der Waals surface area contributed by atoms with Crippen LogP contribution in [0, 0.1) is 0 Å². The molecule has 0 aliphatic carbocycles. The first-order valence-electron chi connectivity index (χ1n) is 6.39. The minimum absolute atomic E-state index is 0.127. The molecule has 1 N–H and O–H groups in total. The van der Waals surface area contributed by atoms with Gasteiger partial charge in [-0.05, 0) is 30.3 Å². The predicted molar refractivity (Wildman–Crippen MR) is 89.0 cm³/mol. The number of carbonyl (C=O) groups is 1. The lowest BCUT2D eigenvalue weighted by Crippen LogP contribution is -2.14. The van der Waals surface area contributed by atoms with Crippen LogP contribution in [0.4, 0.5) is 5.69 Å². The van der Waals surface area contributed by atoms with Crippen molar-refractivity contribution in [3.63, 3.8) is 0 Å². The summed E-state index contributed by atoms with van der Waals surface area (Å²) in [6, 6.07) is 8.43. The van der Waals surface area contributed by atoms with Crippen LogP contribution in [-0.2, 0) is 11.2 Å². The maximum Gasteiger partial charge on any atom is 0.230 e. The van der Waals surface area contributed by atoms with Crippen LogP contribution >= 0.6 is 34.8 Å². The fraction of sp³-hybridized carbons (Fsp3) is 0.0667. The van der Waals surface area contributed by atoms with Crippen LogP contribution in [0.25, 0.3) is 5.65 Å². The van der Waals surface area contributed by atoms with E-state index >= 15 is 0 Å². The van der Waals surface area contributed by atoms with E-state index in [1.165, 1.54) is 0 Å². The summed E-state index contributed by atoms with van der Waals surface area (Å²) in [6.07, 6.45) is 3.63. The van der Waals surface area contributed by atoms with Gasteiger partial charge in [0.05, 0.1) is 27.8 Å². The van der Waals surface area contributed by atoms with Gasteiger partial charge in [0.15, 0.2) is 0 Å². The highest BCUT2D eigenvalue weighted by molar-refractivity contribution is 6.35. The number of hydrogen-bond donors (Lipinski definition) is 1. The highest BCUT2D eigenvalue weighted by Crippen LogP contribution is 2.25. The minimum atomic E-state index is -0.223. The third-order valence-corrected chi connectivity index (χ3v) is 3.80. The van der Waals surface area contributed by atoms with Crippen LogP contribution in [0.15, 0.2) is 42.7 Å². The van der Waals surface area contributed by atoms with Crippen LogP contribution in [0.1, 0.15) is 5.69 Å². The number of anilines is 1. The van der Waals surface area contributed by atoms with Crippen molar-refractivity contribution in [1.29, 1.82) is 0 Å². The predicted octanol–water partition coefficient (Wildman–Crippen LogP) is 4.48. The van der Waals surface area contributed by atoms with Gasteiger partial charge >= 0.3 is 0 Å². The maximum absolute atomic E-state index is 12.1. The number of imidazole rings is 1. The highest BCUT2D eigenvalue weighted by Gasteiger charge is 2.10. The van der Waals surface area contributed by atoms with Gasteiger partial charge in [0.25, 0.3) is 0 Å². The zero-order chi connectivity index (χ0) is 15.7. The molecule has 0 aliphatic rings. The van der Waals surface area contributed by atoms with Crippen molar-refractivity contribution in [3.05, 3.63) is 63.5 Å². The Morgan fingerprint density at radius 2 is 1.86 bits per heavy atom. The molecular weight excluding hydrogens is 345 g/mol. The monoisotopic (exact) mass is 353 g/mol. The maximum atomic E-state index is 12.1. The molecule has 22 heavy (non-hydrogen) atoms. The standard InChI is InChI=1S/C15H10Cl3N3O/c16-9-1-3-12(18)13(5-9)20-15(22)6-11-8-21-7-10(17)2-4-14(21)19-11/h1-5,7-8H,6H2,(H,20,22). The van der Waals surface area contributed by atoms with E-state index in [9.17, 15) is 4.79 Å². The number of fused-ring (bicyclic) bond motifs is 1. The molecule has 0 saturated heterocycles. The third kappa shape index (κ3) is 3.35. The van der Waals surface area contributed by atoms with Crippen LogP contribution < -0.4 is 5.32 Å². The van der Waals surface area contributed by atoms with E-state index in [-0.39, 0.29) is 12.3 Å². The summed E-state index contributed by atoms with van der Waals surface area (Å²) >= 11 is 17.8. The van der Waals surface area contributed by atoms with Gasteiger partial charge in [-0.1, -0.05) is 34.8 Å². The van der Waals surface area contributed by atoms with Crippen molar-refractivity contribution in [2.75, 3.05) is 5.32 Å². The largest absolute Gasteiger partial charge is 0.324 e. The van der Waals surface area contributed by atoms with Crippen molar-refractivity contribution in [3.8, 4) is 0 Å². The number of benzene rings is 1. The average Bonchev–Trinajstić information content (AvgIpc) is 2.84. The lowest BCUT2D eigenvalue weighted by atomic mass is 10.3. The highest BCUT2D eigenvalue weighted by atomic mass is 35.5. The fourth-order valence-electron chi connectivity index (χ4n) is 2.05. The van der Waals surface area contributed by atoms with Crippen LogP contribution in [0.5, 0.6) is 0 Å². The van der Waals surface area contributed by atoms with Crippen molar-refractivity contribution in [2.45, 2.75) is 6.42 Å². The summed E-state index contributed by atoms with van der Waals surface area (Å²) in [5, 5.41) is 4.26. The number of pyridine rings is 1. The number of aromatic nitrogens is 2. The second-order valence-corrected chi connectivity index (χ2v) is 5.97. The van der Waals surface area contributed by atoms with E-state index in [1.807, 2.05) is 0 Å². The van der Waals surface area contributed by atoms with Crippen LogP contribution in [0.2, 0.25) is 15.1 Å². The molecule has 0 bridgehead atoms. The second kappa shape index (κ2) is 6.16. The summed E-state index contributed by atoms with van der Waals surface area (Å²) < 4.78 is 1.78. The number of hydrogen-bond acceptors (Lipinski definition) is 2. The average molecular weight is 355 g/mol. The Bertz CT molecular complexity index is 860. The number of rotatable bonds is 3. The Labute approximate surface area is 141 Å². The van der Waals surface area contributed by atoms with E-state index in [0.717, 1.165) is 5.65 Å². The Balaban J connectivity index is 1.76. The first-order chi connectivity index (χ1) is 10.5. The zero-order valence-electron chi connectivity index (χ0n) is 11.2. The molecule has 0 radical (unpaired) electrons. The molecular formula is C15H10Cl3N3O. The topological polar surface area (TPSA) is 46.4 Å². The molecule has 1 aromatic carbocycles. The zero-order valence-corrected chi connectivity index (χ0v) is 13.5. The smallest absolute Gasteiger partial charge is 0.230 e. The van der Waals surface area contributed by atoms with Gasteiger partial charge in [-0.2, -0.15) is 0 Å². The lowest BCUT2D eigenvalue weighted by molar-refractivity contribution is -0.115. The molecule has 0 fully saturated rings. The van der Waals surface area contributed by atoms with Gasteiger partial charge in [0.2, 0.25) is 5.91 Å². The molecule has 2 heterocycles. The third-order valence-electron chi connectivity index (χ3n) is 3.01. The van der Waals surface area contributed by atoms with E-state index < -0.39 is 0 Å². The Hall–Kier alpha value is -1.75. The number of nitrogens with one attached hydrogen (secondary N) is 1. The molecule has 3 rings (SSSR count). The van der Waals surface area contributed by atoms with E-state index in [4.69, 9.17) is 34.8 Å². The second-order valence-electron chi connectivity index (χ2n) is 4.69. The summed E-state index contributed by atoms with van der Waals surface area (Å²) in [7, 11) is 0. The molecule has 112 valence electrons. The van der Waals surface area contributed by atoms with Gasteiger partial charge < -0.3 is 9.72 Å². The van der Waals surface area contributed by atoms with Gasteiger partial charge in [-0.3, -0.25) is 4.79 Å². The quantitative estimate of drug-likeness (QED) is 0.754. The molecule has 2 aromatic heterocycles. The fourth-order valence-corrected chi connectivity index (χ4v) is 2.56. The van der Waals surface area contributed by atoms with Crippen molar-refractivity contribution in [2.24, 2.45) is 0 Å². The van der Waals surface area contributed by atoms with Crippen LogP contribution in [-0.4, -0.2) is 15.3 Å². The molecule has 4 nitrogen and oxygen atoms in total. The molecule has 1 amide bonds. The SMILES string of the molecule is O=C(Cc1cn2cc(Cl)ccc2n1)Nc1cc(Cl)ccc1Cl. The summed E-state index contributed by atoms with van der Waals surface area (Å²) in [5.41, 5.74) is 1.84. The van der Waals surface area contributed by atoms with Gasteiger partial charge in [-0.25, -0.2) is 4.98 Å². The number of carbonyl (C=O) groups excluding carboxylic acids is 1. The van der Waals surface area contributed by atoms with E-state index in [2.05, 4.69) is 10.3 Å². The number of amides is 1. The Morgan fingerprint density at radius 1 is 1.09 bits per heavy atom. The van der Waals surface area contributed by atoms with E-state index in [0.29, 0.717) is 26.4 Å². The Kier molecular flexibility index (Phi) is 4.25.